The number of hydrogen-bond donors (Lipinski definition) is 1. The van der Waals surface area contributed by atoms with Crippen LogP contribution in [0.3, 0.4) is 0 Å². The van der Waals surface area contributed by atoms with E-state index in [1.54, 1.807) is 11.0 Å². The Morgan fingerprint density at radius 3 is 2.14 bits per heavy atom. The maximum absolute atomic E-state index is 13.2. The van der Waals surface area contributed by atoms with E-state index >= 15 is 0 Å². The second kappa shape index (κ2) is 11.6. The molecule has 174 valence electrons. The first kappa shape index (κ1) is 23.7. The molecule has 4 nitrogen and oxygen atoms in total. The predicted molar refractivity (Wildman–Crippen MR) is 143 cm³/mol. The van der Waals surface area contributed by atoms with Gasteiger partial charge in [0.1, 0.15) is 0 Å². The molecule has 4 aromatic rings. The van der Waals surface area contributed by atoms with E-state index in [2.05, 4.69) is 5.32 Å². The zero-order valence-electron chi connectivity index (χ0n) is 19.7. The Morgan fingerprint density at radius 2 is 1.46 bits per heavy atom. The molecular formula is C31H28N2O2. The quantitative estimate of drug-likeness (QED) is 0.308. The summed E-state index contributed by atoms with van der Waals surface area (Å²) in [6.07, 6.45) is 3.68. The van der Waals surface area contributed by atoms with E-state index in [4.69, 9.17) is 0 Å². The van der Waals surface area contributed by atoms with Crippen molar-refractivity contribution in [1.29, 1.82) is 0 Å². The molecular weight excluding hydrogens is 432 g/mol. The van der Waals surface area contributed by atoms with Crippen LogP contribution in [0.15, 0.2) is 115 Å². The molecule has 4 heteroatoms. The lowest BCUT2D eigenvalue weighted by atomic mass is 10.1. The van der Waals surface area contributed by atoms with Gasteiger partial charge < -0.3 is 10.2 Å². The maximum atomic E-state index is 13.2. The lowest BCUT2D eigenvalue weighted by Crippen LogP contribution is -2.28. The highest BCUT2D eigenvalue weighted by atomic mass is 16.2. The topological polar surface area (TPSA) is 49.4 Å². The van der Waals surface area contributed by atoms with E-state index in [-0.39, 0.29) is 18.2 Å². The van der Waals surface area contributed by atoms with Crippen molar-refractivity contribution >= 4 is 29.3 Å². The third kappa shape index (κ3) is 7.02. The van der Waals surface area contributed by atoms with E-state index < -0.39 is 0 Å². The molecule has 35 heavy (non-hydrogen) atoms. The summed E-state index contributed by atoms with van der Waals surface area (Å²) in [6.45, 7) is 2.44. The molecule has 4 aromatic carbocycles. The molecule has 0 spiro atoms. The zero-order chi connectivity index (χ0) is 24.5. The number of amides is 2. The normalized spacial score (nSPS) is 10.8. The van der Waals surface area contributed by atoms with Crippen molar-refractivity contribution in [2.75, 3.05) is 10.2 Å². The van der Waals surface area contributed by atoms with Gasteiger partial charge in [0.25, 0.3) is 5.91 Å². The highest BCUT2D eigenvalue weighted by Gasteiger charge is 2.15. The van der Waals surface area contributed by atoms with E-state index in [9.17, 15) is 9.59 Å². The number of rotatable bonds is 8. The van der Waals surface area contributed by atoms with Gasteiger partial charge in [-0.25, -0.2) is 0 Å². The van der Waals surface area contributed by atoms with Gasteiger partial charge in [0.05, 0.1) is 13.0 Å². The molecule has 0 radical (unpaired) electrons. The van der Waals surface area contributed by atoms with Crippen molar-refractivity contribution in [3.8, 4) is 0 Å². The van der Waals surface area contributed by atoms with Gasteiger partial charge in [-0.05, 0) is 59.5 Å². The van der Waals surface area contributed by atoms with E-state index in [1.807, 2.05) is 122 Å². The van der Waals surface area contributed by atoms with E-state index in [0.29, 0.717) is 6.54 Å². The lowest BCUT2D eigenvalue weighted by molar-refractivity contribution is -0.116. The average molecular weight is 461 g/mol. The second-order valence-corrected chi connectivity index (χ2v) is 8.41. The Balaban J connectivity index is 1.49. The van der Waals surface area contributed by atoms with Crippen molar-refractivity contribution in [2.24, 2.45) is 0 Å². The Labute approximate surface area is 206 Å². The molecule has 0 fully saturated rings. The van der Waals surface area contributed by atoms with Crippen LogP contribution < -0.4 is 10.2 Å². The Bertz CT molecular complexity index is 1300. The second-order valence-electron chi connectivity index (χ2n) is 8.41. The smallest absolute Gasteiger partial charge is 0.251 e. The monoisotopic (exact) mass is 460 g/mol. The van der Waals surface area contributed by atoms with E-state index in [1.165, 1.54) is 0 Å². The molecule has 0 aliphatic carbocycles. The summed E-state index contributed by atoms with van der Waals surface area (Å²) in [7, 11) is 0. The van der Waals surface area contributed by atoms with Gasteiger partial charge in [-0.1, -0.05) is 84.9 Å². The Kier molecular flexibility index (Phi) is 7.87. The molecule has 0 saturated heterocycles. The first-order valence-electron chi connectivity index (χ1n) is 11.6. The fraction of sp³-hybridized carbons (Fsp3) is 0.0968. The van der Waals surface area contributed by atoms with Gasteiger partial charge in [-0.15, -0.1) is 0 Å². The minimum Gasteiger partial charge on any atom is -0.326 e. The molecule has 0 unspecified atom stereocenters. The first-order valence-corrected chi connectivity index (χ1v) is 11.6. The van der Waals surface area contributed by atoms with Gasteiger partial charge in [-0.2, -0.15) is 0 Å². The molecule has 4 rings (SSSR count). The largest absolute Gasteiger partial charge is 0.326 e. The van der Waals surface area contributed by atoms with Crippen LogP contribution in [0.4, 0.5) is 11.4 Å². The fourth-order valence-electron chi connectivity index (χ4n) is 3.79. The Morgan fingerprint density at radius 1 is 0.771 bits per heavy atom. The highest BCUT2D eigenvalue weighted by Crippen LogP contribution is 2.20. The van der Waals surface area contributed by atoms with Crippen LogP contribution in [0.25, 0.3) is 6.08 Å². The maximum Gasteiger partial charge on any atom is 0.251 e. The van der Waals surface area contributed by atoms with Gasteiger partial charge in [0, 0.05) is 17.5 Å². The SMILES string of the molecule is Cc1cccc(NC(=O)Cc2ccc(N(Cc3ccccc3)C(=O)C=Cc3ccccc3)cc2)c1. The summed E-state index contributed by atoms with van der Waals surface area (Å²) in [6, 6.07) is 35.0. The number of nitrogens with one attached hydrogen (secondary N) is 1. The highest BCUT2D eigenvalue weighted by molar-refractivity contribution is 6.03. The van der Waals surface area contributed by atoms with Crippen molar-refractivity contribution < 1.29 is 9.59 Å². The van der Waals surface area contributed by atoms with Gasteiger partial charge in [-0.3, -0.25) is 9.59 Å². The summed E-state index contributed by atoms with van der Waals surface area (Å²) in [5, 5.41) is 2.94. The number of carbonyl (C=O) groups excluding carboxylic acids is 2. The van der Waals surface area contributed by atoms with Crippen molar-refractivity contribution in [3.63, 3.8) is 0 Å². The molecule has 0 saturated carbocycles. The van der Waals surface area contributed by atoms with E-state index in [0.717, 1.165) is 33.6 Å². The summed E-state index contributed by atoms with van der Waals surface area (Å²) in [5.74, 6) is -0.186. The summed E-state index contributed by atoms with van der Waals surface area (Å²) >= 11 is 0. The van der Waals surface area contributed by atoms with Crippen LogP contribution >= 0.6 is 0 Å². The summed E-state index contributed by atoms with van der Waals surface area (Å²) in [5.41, 5.74) is 5.55. The van der Waals surface area contributed by atoms with Crippen LogP contribution in [0, 0.1) is 6.92 Å². The van der Waals surface area contributed by atoms with Crippen LogP contribution in [0.2, 0.25) is 0 Å². The number of anilines is 2. The minimum absolute atomic E-state index is 0.0774. The molecule has 2 amide bonds. The number of carbonyl (C=O) groups is 2. The molecule has 0 aliphatic heterocycles. The molecule has 0 aliphatic rings. The standard InChI is InChI=1S/C31H28N2O2/c1-24-9-8-14-28(21-24)32-30(34)22-26-15-18-29(19-16-26)33(23-27-12-6-3-7-13-27)31(35)20-17-25-10-4-2-5-11-25/h2-21H,22-23H2,1H3,(H,32,34). The first-order chi connectivity index (χ1) is 17.1. The van der Waals surface area contributed by atoms with Crippen molar-refractivity contribution in [2.45, 2.75) is 19.9 Å². The minimum atomic E-state index is -0.109. The lowest BCUT2D eigenvalue weighted by Gasteiger charge is -2.22. The summed E-state index contributed by atoms with van der Waals surface area (Å²) in [4.78, 5) is 27.4. The van der Waals surface area contributed by atoms with Crippen LogP contribution in [0.5, 0.6) is 0 Å². The molecule has 0 aromatic heterocycles. The van der Waals surface area contributed by atoms with Crippen LogP contribution in [0.1, 0.15) is 22.3 Å². The van der Waals surface area contributed by atoms with Crippen molar-refractivity contribution in [3.05, 3.63) is 138 Å². The van der Waals surface area contributed by atoms with Crippen LogP contribution in [-0.4, -0.2) is 11.8 Å². The number of hydrogen-bond acceptors (Lipinski definition) is 2. The molecule has 0 atom stereocenters. The average Bonchev–Trinajstić information content (AvgIpc) is 2.88. The number of aryl methyl sites for hydroxylation is 1. The Hall–Kier alpha value is -4.44. The summed E-state index contributed by atoms with van der Waals surface area (Å²) < 4.78 is 0. The van der Waals surface area contributed by atoms with Gasteiger partial charge >= 0.3 is 0 Å². The number of benzene rings is 4. The third-order valence-corrected chi connectivity index (χ3v) is 5.58. The molecule has 0 bridgehead atoms. The number of nitrogens with zero attached hydrogens (tertiary/aromatic N) is 1. The molecule has 1 N–H and O–H groups in total. The third-order valence-electron chi connectivity index (χ3n) is 5.58. The van der Waals surface area contributed by atoms with Gasteiger partial charge in [0.15, 0.2) is 0 Å². The molecule has 0 heterocycles. The van der Waals surface area contributed by atoms with Crippen LogP contribution in [-0.2, 0) is 22.6 Å². The zero-order valence-corrected chi connectivity index (χ0v) is 19.7. The fourth-order valence-corrected chi connectivity index (χ4v) is 3.79. The van der Waals surface area contributed by atoms with Crippen molar-refractivity contribution in [1.82, 2.24) is 0 Å². The predicted octanol–water partition coefficient (Wildman–Crippen LogP) is 6.42. The van der Waals surface area contributed by atoms with Gasteiger partial charge in [0.2, 0.25) is 5.91 Å².